The highest BCUT2D eigenvalue weighted by atomic mass is 79.9. The largest absolute Gasteiger partial charge is 0.484 e. The first-order chi connectivity index (χ1) is 9.95. The van der Waals surface area contributed by atoms with E-state index in [0.717, 1.165) is 15.6 Å². The van der Waals surface area contributed by atoms with Crippen LogP contribution in [-0.4, -0.2) is 12.5 Å². The Morgan fingerprint density at radius 1 is 1.19 bits per heavy atom. The molecule has 1 N–H and O–H groups in total. The molecule has 3 nitrogen and oxygen atoms in total. The minimum Gasteiger partial charge on any atom is -0.484 e. The number of hydrogen-bond acceptors (Lipinski definition) is 2. The lowest BCUT2D eigenvalue weighted by Crippen LogP contribution is -2.20. The van der Waals surface area contributed by atoms with Crippen molar-refractivity contribution < 1.29 is 9.53 Å². The number of amides is 1. The third-order valence-electron chi connectivity index (χ3n) is 2.91. The van der Waals surface area contributed by atoms with Crippen molar-refractivity contribution in [1.82, 2.24) is 0 Å². The average molecular weight is 369 g/mol. The first-order valence-electron chi connectivity index (χ1n) is 6.40. The zero-order chi connectivity index (χ0) is 15.4. The summed E-state index contributed by atoms with van der Waals surface area (Å²) in [7, 11) is 0. The fourth-order valence-electron chi connectivity index (χ4n) is 1.87. The standard InChI is InChI=1S/C16H15BrClNO2/c1-10-7-14(8-11(2)16(10)17)21-9-15(20)19-13-5-3-12(18)4-6-13/h3-8H,9H2,1-2H3,(H,19,20). The predicted octanol–water partition coefficient (Wildman–Crippen LogP) is 4.74. The van der Waals surface area contributed by atoms with Crippen molar-refractivity contribution in [2.24, 2.45) is 0 Å². The van der Waals surface area contributed by atoms with Crippen LogP contribution in [0.1, 0.15) is 11.1 Å². The molecule has 0 aliphatic rings. The van der Waals surface area contributed by atoms with E-state index in [9.17, 15) is 4.79 Å². The molecule has 0 heterocycles. The molecule has 0 aliphatic heterocycles. The van der Waals surface area contributed by atoms with E-state index < -0.39 is 0 Å². The topological polar surface area (TPSA) is 38.3 Å². The summed E-state index contributed by atoms with van der Waals surface area (Å²) >= 11 is 9.29. The van der Waals surface area contributed by atoms with Gasteiger partial charge in [-0.25, -0.2) is 0 Å². The Morgan fingerprint density at radius 2 is 1.76 bits per heavy atom. The van der Waals surface area contributed by atoms with Crippen molar-refractivity contribution in [3.05, 3.63) is 57.0 Å². The number of rotatable bonds is 4. The first-order valence-corrected chi connectivity index (χ1v) is 7.58. The Morgan fingerprint density at radius 3 is 2.33 bits per heavy atom. The minimum atomic E-state index is -0.212. The Kier molecular flexibility index (Phi) is 5.26. The van der Waals surface area contributed by atoms with Crippen LogP contribution in [0.2, 0.25) is 5.02 Å². The molecule has 0 unspecified atom stereocenters. The van der Waals surface area contributed by atoms with Crippen LogP contribution in [0.15, 0.2) is 40.9 Å². The van der Waals surface area contributed by atoms with Gasteiger partial charge < -0.3 is 10.1 Å². The van der Waals surface area contributed by atoms with Crippen molar-refractivity contribution in [2.45, 2.75) is 13.8 Å². The van der Waals surface area contributed by atoms with Gasteiger partial charge in [0, 0.05) is 15.2 Å². The second-order valence-corrected chi connectivity index (χ2v) is 5.94. The number of benzene rings is 2. The Balaban J connectivity index is 1.93. The summed E-state index contributed by atoms with van der Waals surface area (Å²) in [5.74, 6) is 0.468. The monoisotopic (exact) mass is 367 g/mol. The molecule has 0 radical (unpaired) electrons. The van der Waals surface area contributed by atoms with Crippen molar-refractivity contribution in [3.63, 3.8) is 0 Å². The van der Waals surface area contributed by atoms with Crippen molar-refractivity contribution >= 4 is 39.1 Å². The summed E-state index contributed by atoms with van der Waals surface area (Å²) < 4.78 is 6.58. The molecule has 5 heteroatoms. The van der Waals surface area contributed by atoms with Gasteiger partial charge in [-0.15, -0.1) is 0 Å². The van der Waals surface area contributed by atoms with Gasteiger partial charge in [-0.1, -0.05) is 27.5 Å². The van der Waals surface area contributed by atoms with Crippen molar-refractivity contribution in [2.75, 3.05) is 11.9 Å². The van der Waals surface area contributed by atoms with Crippen LogP contribution in [0.3, 0.4) is 0 Å². The van der Waals surface area contributed by atoms with Crippen LogP contribution in [0.4, 0.5) is 5.69 Å². The highest BCUT2D eigenvalue weighted by Crippen LogP contribution is 2.26. The van der Waals surface area contributed by atoms with Gasteiger partial charge in [0.2, 0.25) is 0 Å². The van der Waals surface area contributed by atoms with Crippen LogP contribution >= 0.6 is 27.5 Å². The number of nitrogens with one attached hydrogen (secondary N) is 1. The van der Waals surface area contributed by atoms with Crippen LogP contribution < -0.4 is 10.1 Å². The SMILES string of the molecule is Cc1cc(OCC(=O)Nc2ccc(Cl)cc2)cc(C)c1Br. The van der Waals surface area contributed by atoms with E-state index in [4.69, 9.17) is 16.3 Å². The lowest BCUT2D eigenvalue weighted by molar-refractivity contribution is -0.118. The number of ether oxygens (including phenoxy) is 1. The zero-order valence-electron chi connectivity index (χ0n) is 11.7. The van der Waals surface area contributed by atoms with Crippen molar-refractivity contribution in [3.8, 4) is 5.75 Å². The van der Waals surface area contributed by atoms with Gasteiger partial charge in [-0.3, -0.25) is 4.79 Å². The number of halogens is 2. The summed E-state index contributed by atoms with van der Waals surface area (Å²) in [4.78, 5) is 11.8. The van der Waals surface area contributed by atoms with Crippen LogP contribution in [0, 0.1) is 13.8 Å². The quantitative estimate of drug-likeness (QED) is 0.846. The molecule has 110 valence electrons. The van der Waals surface area contributed by atoms with Crippen LogP contribution in [0.25, 0.3) is 0 Å². The van der Waals surface area contributed by atoms with E-state index in [0.29, 0.717) is 16.5 Å². The van der Waals surface area contributed by atoms with E-state index in [1.165, 1.54) is 0 Å². The van der Waals surface area contributed by atoms with E-state index in [1.54, 1.807) is 24.3 Å². The predicted molar refractivity (Wildman–Crippen MR) is 89.2 cm³/mol. The summed E-state index contributed by atoms with van der Waals surface area (Å²) in [5, 5.41) is 3.38. The molecule has 0 saturated carbocycles. The zero-order valence-corrected chi connectivity index (χ0v) is 14.1. The molecular weight excluding hydrogens is 354 g/mol. The molecule has 0 saturated heterocycles. The van der Waals surface area contributed by atoms with Crippen LogP contribution in [-0.2, 0) is 4.79 Å². The molecule has 2 rings (SSSR count). The summed E-state index contributed by atoms with van der Waals surface area (Å²) in [6, 6.07) is 10.7. The molecule has 0 aromatic heterocycles. The lowest BCUT2D eigenvalue weighted by Gasteiger charge is -2.10. The minimum absolute atomic E-state index is 0.0386. The number of carbonyl (C=O) groups is 1. The fraction of sp³-hybridized carbons (Fsp3) is 0.188. The van der Waals surface area contributed by atoms with E-state index >= 15 is 0 Å². The van der Waals surface area contributed by atoms with Gasteiger partial charge in [-0.2, -0.15) is 0 Å². The molecular formula is C16H15BrClNO2. The normalized spacial score (nSPS) is 10.3. The Bertz CT molecular complexity index is 633. The van der Waals surface area contributed by atoms with Gasteiger partial charge in [0.25, 0.3) is 5.91 Å². The Hall–Kier alpha value is -1.52. The molecule has 2 aromatic carbocycles. The van der Waals surface area contributed by atoms with E-state index in [-0.39, 0.29) is 12.5 Å². The van der Waals surface area contributed by atoms with Gasteiger partial charge >= 0.3 is 0 Å². The Labute approximate surface area is 137 Å². The highest BCUT2D eigenvalue weighted by molar-refractivity contribution is 9.10. The maximum absolute atomic E-state index is 11.8. The smallest absolute Gasteiger partial charge is 0.262 e. The first kappa shape index (κ1) is 15.9. The summed E-state index contributed by atoms with van der Waals surface area (Å²) in [5.41, 5.74) is 2.84. The van der Waals surface area contributed by atoms with Crippen LogP contribution in [0.5, 0.6) is 5.75 Å². The third-order valence-corrected chi connectivity index (χ3v) is 4.41. The third kappa shape index (κ3) is 4.48. The number of aryl methyl sites for hydroxylation is 2. The summed E-state index contributed by atoms with van der Waals surface area (Å²) in [6.45, 7) is 3.93. The molecule has 21 heavy (non-hydrogen) atoms. The van der Waals surface area contributed by atoms with Gasteiger partial charge in [0.15, 0.2) is 6.61 Å². The second kappa shape index (κ2) is 6.96. The van der Waals surface area contributed by atoms with Gasteiger partial charge in [0.05, 0.1) is 0 Å². The van der Waals surface area contributed by atoms with Crippen molar-refractivity contribution in [1.29, 1.82) is 0 Å². The molecule has 1 amide bonds. The second-order valence-electron chi connectivity index (χ2n) is 4.71. The maximum atomic E-state index is 11.8. The van der Waals surface area contributed by atoms with Gasteiger partial charge in [-0.05, 0) is 61.4 Å². The maximum Gasteiger partial charge on any atom is 0.262 e. The molecule has 0 fully saturated rings. The molecule has 2 aromatic rings. The molecule has 0 bridgehead atoms. The number of hydrogen-bond donors (Lipinski definition) is 1. The van der Waals surface area contributed by atoms with Gasteiger partial charge in [0.1, 0.15) is 5.75 Å². The molecule has 0 aliphatic carbocycles. The summed E-state index contributed by atoms with van der Waals surface area (Å²) in [6.07, 6.45) is 0. The molecule has 0 spiro atoms. The van der Waals surface area contributed by atoms with E-state index in [2.05, 4.69) is 21.2 Å². The number of anilines is 1. The average Bonchev–Trinajstić information content (AvgIpc) is 2.45. The number of carbonyl (C=O) groups excluding carboxylic acids is 1. The lowest BCUT2D eigenvalue weighted by atomic mass is 10.1. The fourth-order valence-corrected chi connectivity index (χ4v) is 2.22. The molecule has 0 atom stereocenters. The highest BCUT2D eigenvalue weighted by Gasteiger charge is 2.06. The van der Waals surface area contributed by atoms with E-state index in [1.807, 2.05) is 26.0 Å².